The maximum Gasteiger partial charge on any atom is 0.269 e. The summed E-state index contributed by atoms with van der Waals surface area (Å²) in [5.41, 5.74) is 5.69. The number of hydrazine groups is 1. The highest BCUT2D eigenvalue weighted by Gasteiger charge is 2.12. The molecule has 2 N–H and O–H groups in total. The topological polar surface area (TPSA) is 95.1 Å². The first-order valence-corrected chi connectivity index (χ1v) is 8.24. The van der Waals surface area contributed by atoms with Crippen molar-refractivity contribution in [1.82, 2.24) is 10.9 Å². The molecule has 0 heterocycles. The summed E-state index contributed by atoms with van der Waals surface area (Å²) in [6, 6.07) is 9.88. The lowest BCUT2D eigenvalue weighted by Crippen LogP contribution is -2.40. The van der Waals surface area contributed by atoms with Gasteiger partial charge in [-0.05, 0) is 48.0 Å². The van der Waals surface area contributed by atoms with Gasteiger partial charge in [-0.25, -0.2) is 0 Å². The van der Waals surface area contributed by atoms with E-state index in [-0.39, 0.29) is 0 Å². The van der Waals surface area contributed by atoms with Crippen molar-refractivity contribution in [3.63, 3.8) is 0 Å². The number of rotatable bonds is 7. The van der Waals surface area contributed by atoms with Crippen molar-refractivity contribution in [2.75, 3.05) is 28.4 Å². The summed E-state index contributed by atoms with van der Waals surface area (Å²) in [5, 5.41) is 0. The average Bonchev–Trinajstić information content (AvgIpc) is 2.74. The Morgan fingerprint density at radius 1 is 0.821 bits per heavy atom. The van der Waals surface area contributed by atoms with Crippen molar-refractivity contribution in [2.45, 2.75) is 0 Å². The Morgan fingerprint density at radius 2 is 1.43 bits per heavy atom. The zero-order valence-corrected chi connectivity index (χ0v) is 16.1. The number of benzene rings is 2. The minimum absolute atomic E-state index is 0.384. The number of carbonyl (C=O) groups excluding carboxylic acids is 2. The maximum absolute atomic E-state index is 12.0. The summed E-state index contributed by atoms with van der Waals surface area (Å²) in [6.07, 6.45) is 2.83. The first-order valence-electron chi connectivity index (χ1n) is 8.24. The van der Waals surface area contributed by atoms with Gasteiger partial charge in [0, 0.05) is 11.6 Å². The lowest BCUT2D eigenvalue weighted by Gasteiger charge is -2.12. The highest BCUT2D eigenvalue weighted by Crippen LogP contribution is 2.38. The summed E-state index contributed by atoms with van der Waals surface area (Å²) in [4.78, 5) is 24.0. The van der Waals surface area contributed by atoms with Crippen molar-refractivity contribution in [3.05, 3.63) is 53.6 Å². The zero-order chi connectivity index (χ0) is 20.5. The van der Waals surface area contributed by atoms with E-state index in [0.29, 0.717) is 34.1 Å². The van der Waals surface area contributed by atoms with Gasteiger partial charge in [-0.2, -0.15) is 0 Å². The SMILES string of the molecule is COc1ccc(C(=O)NNC(=O)/C=C/c2cc(OC)c(OC)c(OC)c2)cc1. The van der Waals surface area contributed by atoms with Crippen LogP contribution in [0.1, 0.15) is 15.9 Å². The fourth-order valence-corrected chi connectivity index (χ4v) is 2.34. The Bertz CT molecular complexity index is 836. The number of hydrogen-bond donors (Lipinski definition) is 2. The molecular weight excluding hydrogens is 364 g/mol. The molecule has 8 nitrogen and oxygen atoms in total. The Labute approximate surface area is 163 Å². The molecule has 0 saturated carbocycles. The third kappa shape index (κ3) is 5.16. The second-order valence-corrected chi connectivity index (χ2v) is 5.46. The molecule has 0 fully saturated rings. The maximum atomic E-state index is 12.0. The number of amides is 2. The average molecular weight is 386 g/mol. The summed E-state index contributed by atoms with van der Waals surface area (Å²) < 4.78 is 20.8. The van der Waals surface area contributed by atoms with Crippen LogP contribution in [0.5, 0.6) is 23.0 Å². The Balaban J connectivity index is 2.00. The molecule has 0 bridgehead atoms. The predicted molar refractivity (Wildman–Crippen MR) is 104 cm³/mol. The second kappa shape index (κ2) is 9.86. The van der Waals surface area contributed by atoms with Crippen LogP contribution in [0.15, 0.2) is 42.5 Å². The lowest BCUT2D eigenvalue weighted by molar-refractivity contribution is -0.117. The fraction of sp³-hybridized carbons (Fsp3) is 0.200. The van der Waals surface area contributed by atoms with E-state index < -0.39 is 11.8 Å². The van der Waals surface area contributed by atoms with Crippen LogP contribution in [0, 0.1) is 0 Å². The van der Waals surface area contributed by atoms with Crippen LogP contribution >= 0.6 is 0 Å². The second-order valence-electron chi connectivity index (χ2n) is 5.46. The lowest BCUT2D eigenvalue weighted by atomic mass is 10.1. The van der Waals surface area contributed by atoms with E-state index in [1.54, 1.807) is 42.5 Å². The molecule has 0 saturated heterocycles. The van der Waals surface area contributed by atoms with E-state index in [1.165, 1.54) is 34.5 Å². The molecule has 0 atom stereocenters. The quantitative estimate of drug-likeness (QED) is 0.560. The van der Waals surface area contributed by atoms with Crippen molar-refractivity contribution >= 4 is 17.9 Å². The molecular formula is C20H22N2O6. The smallest absolute Gasteiger partial charge is 0.269 e. The number of hydrogen-bond acceptors (Lipinski definition) is 6. The minimum Gasteiger partial charge on any atom is -0.497 e. The number of nitrogens with one attached hydrogen (secondary N) is 2. The van der Waals surface area contributed by atoms with Crippen molar-refractivity contribution < 1.29 is 28.5 Å². The van der Waals surface area contributed by atoms with Gasteiger partial charge < -0.3 is 18.9 Å². The molecule has 28 heavy (non-hydrogen) atoms. The number of carbonyl (C=O) groups is 2. The Hall–Kier alpha value is -3.68. The van der Waals surface area contributed by atoms with Crippen molar-refractivity contribution in [2.24, 2.45) is 0 Å². The fourth-order valence-electron chi connectivity index (χ4n) is 2.34. The number of ether oxygens (including phenoxy) is 4. The molecule has 2 rings (SSSR count). The standard InChI is InChI=1S/C20H22N2O6/c1-25-15-8-6-14(7-9-15)20(24)22-21-18(23)10-5-13-11-16(26-2)19(28-4)17(12-13)27-3/h5-12H,1-4H3,(H,21,23)(H,22,24)/b10-5+. The van der Waals surface area contributed by atoms with Gasteiger partial charge in [-0.15, -0.1) is 0 Å². The Kier molecular flexibility index (Phi) is 7.27. The first kappa shape index (κ1) is 20.6. The molecule has 2 amide bonds. The van der Waals surface area contributed by atoms with Gasteiger partial charge in [0.1, 0.15) is 5.75 Å². The van der Waals surface area contributed by atoms with Gasteiger partial charge in [0.05, 0.1) is 28.4 Å². The molecule has 8 heteroatoms. The number of methoxy groups -OCH3 is 4. The molecule has 0 spiro atoms. The summed E-state index contributed by atoms with van der Waals surface area (Å²) in [5.74, 6) is 1.07. The van der Waals surface area contributed by atoms with E-state index in [9.17, 15) is 9.59 Å². The van der Waals surface area contributed by atoms with Gasteiger partial charge >= 0.3 is 0 Å². The van der Waals surface area contributed by atoms with Gasteiger partial charge in [-0.3, -0.25) is 20.4 Å². The molecule has 0 unspecified atom stereocenters. The summed E-state index contributed by atoms with van der Waals surface area (Å²) in [6.45, 7) is 0. The highest BCUT2D eigenvalue weighted by molar-refractivity contribution is 5.98. The highest BCUT2D eigenvalue weighted by atomic mass is 16.5. The van der Waals surface area contributed by atoms with Gasteiger partial charge in [-0.1, -0.05) is 0 Å². The van der Waals surface area contributed by atoms with Crippen LogP contribution in [-0.2, 0) is 4.79 Å². The van der Waals surface area contributed by atoms with E-state index >= 15 is 0 Å². The molecule has 0 radical (unpaired) electrons. The van der Waals surface area contributed by atoms with E-state index in [2.05, 4.69) is 10.9 Å². The van der Waals surface area contributed by atoms with E-state index in [1.807, 2.05) is 0 Å². The molecule has 0 aliphatic rings. The Morgan fingerprint density at radius 3 is 1.93 bits per heavy atom. The monoisotopic (exact) mass is 386 g/mol. The van der Waals surface area contributed by atoms with Gasteiger partial charge in [0.15, 0.2) is 11.5 Å². The third-order valence-electron chi connectivity index (χ3n) is 3.77. The normalized spacial score (nSPS) is 10.3. The first-order chi connectivity index (χ1) is 13.5. The molecule has 2 aromatic rings. The van der Waals surface area contributed by atoms with Crippen molar-refractivity contribution in [1.29, 1.82) is 0 Å². The molecule has 0 aliphatic carbocycles. The largest absolute Gasteiger partial charge is 0.497 e. The molecule has 0 aromatic heterocycles. The van der Waals surface area contributed by atoms with Crippen LogP contribution in [0.4, 0.5) is 0 Å². The molecule has 148 valence electrons. The van der Waals surface area contributed by atoms with Gasteiger partial charge in [0.2, 0.25) is 5.75 Å². The molecule has 0 aliphatic heterocycles. The van der Waals surface area contributed by atoms with E-state index in [0.717, 1.165) is 0 Å². The zero-order valence-electron chi connectivity index (χ0n) is 16.1. The van der Waals surface area contributed by atoms with Crippen LogP contribution in [0.25, 0.3) is 6.08 Å². The van der Waals surface area contributed by atoms with Crippen LogP contribution in [0.3, 0.4) is 0 Å². The van der Waals surface area contributed by atoms with E-state index in [4.69, 9.17) is 18.9 Å². The minimum atomic E-state index is -0.504. The van der Waals surface area contributed by atoms with Crippen LogP contribution in [-0.4, -0.2) is 40.3 Å². The van der Waals surface area contributed by atoms with Crippen LogP contribution < -0.4 is 29.8 Å². The van der Waals surface area contributed by atoms with Crippen LogP contribution in [0.2, 0.25) is 0 Å². The molecule has 2 aromatic carbocycles. The summed E-state index contributed by atoms with van der Waals surface area (Å²) >= 11 is 0. The third-order valence-corrected chi connectivity index (χ3v) is 3.77. The van der Waals surface area contributed by atoms with Gasteiger partial charge in [0.25, 0.3) is 11.8 Å². The predicted octanol–water partition coefficient (Wildman–Crippen LogP) is 2.20. The van der Waals surface area contributed by atoms with Crippen molar-refractivity contribution in [3.8, 4) is 23.0 Å². The summed E-state index contributed by atoms with van der Waals surface area (Å²) in [7, 11) is 6.06.